The van der Waals surface area contributed by atoms with E-state index in [9.17, 15) is 9.90 Å². The van der Waals surface area contributed by atoms with E-state index in [1.165, 1.54) is 12.5 Å². The van der Waals surface area contributed by atoms with Crippen LogP contribution < -0.4 is 4.90 Å². The molecule has 2 saturated heterocycles. The molecular weight excluding hydrogens is 426 g/mol. The van der Waals surface area contributed by atoms with Crippen molar-refractivity contribution in [2.75, 3.05) is 24.5 Å². The molecule has 3 aromatic rings. The van der Waals surface area contributed by atoms with Gasteiger partial charge in [0.15, 0.2) is 5.65 Å². The van der Waals surface area contributed by atoms with Crippen LogP contribution in [0.2, 0.25) is 5.02 Å². The first kappa shape index (κ1) is 21.1. The van der Waals surface area contributed by atoms with Crippen molar-refractivity contribution in [1.29, 1.82) is 0 Å². The Labute approximate surface area is 192 Å². The molecule has 0 unspecified atom stereocenters. The fourth-order valence-corrected chi connectivity index (χ4v) is 5.04. The third-order valence-electron chi connectivity index (χ3n) is 6.65. The molecule has 2 fully saturated rings. The Hall–Kier alpha value is -2.80. The SMILES string of the molecule is Cc1cn2nc([C@@H]3CCCCN3C(=O)c3ccc(Cl)c(O)c3)cc2nc1N1CC[C@H](C)C1. The van der Waals surface area contributed by atoms with Crippen LogP contribution in [0.15, 0.2) is 30.5 Å². The second-order valence-electron chi connectivity index (χ2n) is 9.14. The Balaban J connectivity index is 1.47. The molecule has 4 heterocycles. The molecule has 32 heavy (non-hydrogen) atoms. The molecule has 2 aliphatic heterocycles. The molecule has 168 valence electrons. The smallest absolute Gasteiger partial charge is 0.254 e. The molecule has 2 aliphatic rings. The third kappa shape index (κ3) is 3.79. The van der Waals surface area contributed by atoms with Crippen LogP contribution in [0.4, 0.5) is 5.82 Å². The van der Waals surface area contributed by atoms with Crippen molar-refractivity contribution in [3.63, 3.8) is 0 Å². The molecule has 0 radical (unpaired) electrons. The number of fused-ring (bicyclic) bond motifs is 1. The molecular formula is C24H28ClN5O2. The summed E-state index contributed by atoms with van der Waals surface area (Å²) >= 11 is 5.92. The average Bonchev–Trinajstić information content (AvgIpc) is 3.40. The molecule has 1 N–H and O–H groups in total. The Morgan fingerprint density at radius 2 is 2.03 bits per heavy atom. The minimum Gasteiger partial charge on any atom is -0.506 e. The summed E-state index contributed by atoms with van der Waals surface area (Å²) in [6.07, 6.45) is 6.07. The van der Waals surface area contributed by atoms with Crippen LogP contribution in [-0.2, 0) is 0 Å². The van der Waals surface area contributed by atoms with Gasteiger partial charge in [0.2, 0.25) is 0 Å². The van der Waals surface area contributed by atoms with Crippen LogP contribution in [-0.4, -0.2) is 50.1 Å². The summed E-state index contributed by atoms with van der Waals surface area (Å²) in [5.41, 5.74) is 3.20. The van der Waals surface area contributed by atoms with Crippen LogP contribution in [0.5, 0.6) is 5.75 Å². The summed E-state index contributed by atoms with van der Waals surface area (Å²) in [6.45, 7) is 7.08. The predicted molar refractivity (Wildman–Crippen MR) is 124 cm³/mol. The fraction of sp³-hybridized carbons (Fsp3) is 0.458. The quantitative estimate of drug-likeness (QED) is 0.626. The van der Waals surface area contributed by atoms with Crippen LogP contribution in [0.25, 0.3) is 5.65 Å². The second kappa shape index (κ2) is 8.28. The molecule has 8 heteroatoms. The molecule has 1 amide bonds. The van der Waals surface area contributed by atoms with Gasteiger partial charge in [-0.15, -0.1) is 0 Å². The van der Waals surface area contributed by atoms with E-state index in [1.807, 2.05) is 21.7 Å². The lowest BCUT2D eigenvalue weighted by molar-refractivity contribution is 0.0605. The van der Waals surface area contributed by atoms with Crippen molar-refractivity contribution >= 4 is 29.0 Å². The number of hydrogen-bond donors (Lipinski definition) is 1. The summed E-state index contributed by atoms with van der Waals surface area (Å²) in [5, 5.41) is 15.0. The number of anilines is 1. The zero-order valence-electron chi connectivity index (χ0n) is 18.5. The number of benzene rings is 1. The minimum atomic E-state index is -0.119. The lowest BCUT2D eigenvalue weighted by Gasteiger charge is -2.34. The largest absolute Gasteiger partial charge is 0.506 e. The topological polar surface area (TPSA) is 74.0 Å². The highest BCUT2D eigenvalue weighted by Crippen LogP contribution is 2.34. The number of aromatic hydroxyl groups is 1. The number of amides is 1. The fourth-order valence-electron chi connectivity index (χ4n) is 4.92. The average molecular weight is 454 g/mol. The molecule has 7 nitrogen and oxygen atoms in total. The number of hydrogen-bond acceptors (Lipinski definition) is 5. The normalized spacial score (nSPS) is 21.5. The Morgan fingerprint density at radius 1 is 1.19 bits per heavy atom. The summed E-state index contributed by atoms with van der Waals surface area (Å²) < 4.78 is 1.83. The lowest BCUT2D eigenvalue weighted by atomic mass is 9.98. The molecule has 5 rings (SSSR count). The van der Waals surface area contributed by atoms with Crippen LogP contribution in [0, 0.1) is 12.8 Å². The van der Waals surface area contributed by atoms with Gasteiger partial charge in [0.1, 0.15) is 11.6 Å². The van der Waals surface area contributed by atoms with E-state index in [2.05, 4.69) is 18.7 Å². The number of halogens is 1. The second-order valence-corrected chi connectivity index (χ2v) is 9.54. The number of phenols is 1. The summed E-state index contributed by atoms with van der Waals surface area (Å²) in [7, 11) is 0. The van der Waals surface area contributed by atoms with E-state index < -0.39 is 0 Å². The lowest BCUT2D eigenvalue weighted by Crippen LogP contribution is -2.38. The molecule has 0 saturated carbocycles. The molecule has 2 aromatic heterocycles. The molecule has 0 spiro atoms. The van der Waals surface area contributed by atoms with E-state index in [0.29, 0.717) is 18.0 Å². The van der Waals surface area contributed by atoms with Gasteiger partial charge in [-0.25, -0.2) is 9.50 Å². The van der Waals surface area contributed by atoms with Crippen LogP contribution in [0.1, 0.15) is 60.3 Å². The van der Waals surface area contributed by atoms with Crippen molar-refractivity contribution in [2.24, 2.45) is 5.92 Å². The van der Waals surface area contributed by atoms with E-state index in [0.717, 1.165) is 55.1 Å². The first-order valence-electron chi connectivity index (χ1n) is 11.3. The number of piperidine rings is 1. The highest BCUT2D eigenvalue weighted by molar-refractivity contribution is 6.32. The molecule has 2 atom stereocenters. The highest BCUT2D eigenvalue weighted by Gasteiger charge is 2.31. The third-order valence-corrected chi connectivity index (χ3v) is 6.97. The van der Waals surface area contributed by atoms with Gasteiger partial charge in [-0.1, -0.05) is 18.5 Å². The van der Waals surface area contributed by atoms with E-state index in [1.54, 1.807) is 12.1 Å². The Bertz CT molecular complexity index is 1180. The number of likely N-dealkylation sites (tertiary alicyclic amines) is 1. The number of phenolic OH excluding ortho intramolecular Hbond substituents is 1. The minimum absolute atomic E-state index is 0.0813. The van der Waals surface area contributed by atoms with Gasteiger partial charge in [0.25, 0.3) is 5.91 Å². The molecule has 0 aliphatic carbocycles. The molecule has 0 bridgehead atoms. The first-order valence-corrected chi connectivity index (χ1v) is 11.7. The van der Waals surface area contributed by atoms with Crippen molar-refractivity contribution in [2.45, 2.75) is 45.6 Å². The van der Waals surface area contributed by atoms with Gasteiger partial charge < -0.3 is 14.9 Å². The zero-order chi connectivity index (χ0) is 22.4. The van der Waals surface area contributed by atoms with Crippen molar-refractivity contribution < 1.29 is 9.90 Å². The molecule has 1 aromatic carbocycles. The van der Waals surface area contributed by atoms with Gasteiger partial charge >= 0.3 is 0 Å². The number of aromatic nitrogens is 3. The van der Waals surface area contributed by atoms with Gasteiger partial charge in [-0.2, -0.15) is 5.10 Å². The predicted octanol–water partition coefficient (Wildman–Crippen LogP) is 4.61. The van der Waals surface area contributed by atoms with E-state index >= 15 is 0 Å². The summed E-state index contributed by atoms with van der Waals surface area (Å²) in [6, 6.07) is 6.55. The van der Waals surface area contributed by atoms with Gasteiger partial charge in [-0.3, -0.25) is 4.79 Å². The Kier molecular flexibility index (Phi) is 5.45. The van der Waals surface area contributed by atoms with Crippen LogP contribution in [0.3, 0.4) is 0 Å². The zero-order valence-corrected chi connectivity index (χ0v) is 19.2. The monoisotopic (exact) mass is 453 g/mol. The maximum absolute atomic E-state index is 13.3. The standard InChI is InChI=1S/C24H28ClN5O2/c1-15-8-10-28(13-15)23-16(2)14-30-22(26-23)12-19(27-30)20-5-3-4-9-29(20)24(32)17-6-7-18(25)21(31)11-17/h6-7,11-12,14-15,20,31H,3-5,8-10,13H2,1-2H3/t15-,20-/m0/s1. The Morgan fingerprint density at radius 3 is 2.78 bits per heavy atom. The van der Waals surface area contributed by atoms with Crippen molar-refractivity contribution in [3.05, 3.63) is 52.3 Å². The van der Waals surface area contributed by atoms with Crippen molar-refractivity contribution in [3.8, 4) is 5.75 Å². The van der Waals surface area contributed by atoms with E-state index in [-0.39, 0.29) is 22.7 Å². The van der Waals surface area contributed by atoms with Gasteiger partial charge in [-0.05, 0) is 56.7 Å². The number of carbonyl (C=O) groups is 1. The van der Waals surface area contributed by atoms with Gasteiger partial charge in [0, 0.05) is 43.0 Å². The maximum atomic E-state index is 13.3. The van der Waals surface area contributed by atoms with Gasteiger partial charge in [0.05, 0.1) is 16.8 Å². The number of rotatable bonds is 3. The number of nitrogens with zero attached hydrogens (tertiary/aromatic N) is 5. The van der Waals surface area contributed by atoms with Crippen molar-refractivity contribution in [1.82, 2.24) is 19.5 Å². The van der Waals surface area contributed by atoms with Crippen LogP contribution >= 0.6 is 11.6 Å². The highest BCUT2D eigenvalue weighted by atomic mass is 35.5. The first-order chi connectivity index (χ1) is 15.4. The number of carbonyl (C=O) groups excluding carboxylic acids is 1. The maximum Gasteiger partial charge on any atom is 0.254 e. The summed E-state index contributed by atoms with van der Waals surface area (Å²) in [5.74, 6) is 1.51. The number of aryl methyl sites for hydroxylation is 1. The van der Waals surface area contributed by atoms with E-state index in [4.69, 9.17) is 21.7 Å². The summed E-state index contributed by atoms with van der Waals surface area (Å²) in [4.78, 5) is 22.4.